The van der Waals surface area contributed by atoms with Crippen LogP contribution in [0.4, 0.5) is 0 Å². The SMILES string of the molecule is CCOC(=O)C(CC)n1ccnc1C(C)C. The fraction of sp³-hybridized carbons (Fsp3) is 0.667. The zero-order chi connectivity index (χ0) is 12.1. The summed E-state index contributed by atoms with van der Waals surface area (Å²) >= 11 is 0. The second-order valence-electron chi connectivity index (χ2n) is 4.02. The number of imidazole rings is 1. The van der Waals surface area contributed by atoms with E-state index < -0.39 is 0 Å². The molecule has 4 nitrogen and oxygen atoms in total. The average Bonchev–Trinajstić information content (AvgIpc) is 2.68. The van der Waals surface area contributed by atoms with Crippen LogP contribution in [0.1, 0.15) is 51.9 Å². The van der Waals surface area contributed by atoms with E-state index in [0.717, 1.165) is 12.2 Å². The van der Waals surface area contributed by atoms with Gasteiger partial charge in [-0.3, -0.25) is 0 Å². The van der Waals surface area contributed by atoms with Gasteiger partial charge in [0.25, 0.3) is 0 Å². The van der Waals surface area contributed by atoms with E-state index in [1.165, 1.54) is 0 Å². The topological polar surface area (TPSA) is 44.1 Å². The number of nitrogens with zero attached hydrogens (tertiary/aromatic N) is 2. The summed E-state index contributed by atoms with van der Waals surface area (Å²) in [5.74, 6) is 1.06. The second-order valence-corrected chi connectivity index (χ2v) is 4.02. The first kappa shape index (κ1) is 12.7. The van der Waals surface area contributed by atoms with Crippen molar-refractivity contribution in [2.45, 2.75) is 46.1 Å². The van der Waals surface area contributed by atoms with Crippen LogP contribution in [0.2, 0.25) is 0 Å². The number of rotatable bonds is 5. The zero-order valence-corrected chi connectivity index (χ0v) is 10.4. The average molecular weight is 224 g/mol. The Morgan fingerprint density at radius 3 is 2.69 bits per heavy atom. The van der Waals surface area contributed by atoms with Crippen molar-refractivity contribution in [3.63, 3.8) is 0 Å². The Morgan fingerprint density at radius 1 is 1.50 bits per heavy atom. The van der Waals surface area contributed by atoms with Gasteiger partial charge in [-0.05, 0) is 13.3 Å². The maximum absolute atomic E-state index is 11.8. The van der Waals surface area contributed by atoms with Crippen molar-refractivity contribution in [3.8, 4) is 0 Å². The number of hydrogen-bond donors (Lipinski definition) is 0. The highest BCUT2D eigenvalue weighted by Crippen LogP contribution is 2.20. The largest absolute Gasteiger partial charge is 0.464 e. The molecule has 0 aromatic carbocycles. The van der Waals surface area contributed by atoms with Crippen molar-refractivity contribution in [3.05, 3.63) is 18.2 Å². The molecule has 0 aliphatic rings. The van der Waals surface area contributed by atoms with Crippen molar-refractivity contribution in [1.29, 1.82) is 0 Å². The van der Waals surface area contributed by atoms with Gasteiger partial charge in [-0.2, -0.15) is 0 Å². The van der Waals surface area contributed by atoms with Gasteiger partial charge >= 0.3 is 5.97 Å². The summed E-state index contributed by atoms with van der Waals surface area (Å²) in [5.41, 5.74) is 0. The van der Waals surface area contributed by atoms with Crippen LogP contribution < -0.4 is 0 Å². The second kappa shape index (κ2) is 5.68. The molecular formula is C12H20N2O2. The summed E-state index contributed by atoms with van der Waals surface area (Å²) in [5, 5.41) is 0. The van der Waals surface area contributed by atoms with E-state index in [-0.39, 0.29) is 12.0 Å². The molecule has 1 rings (SSSR count). The predicted molar refractivity (Wildman–Crippen MR) is 62.3 cm³/mol. The molecule has 0 N–H and O–H groups in total. The van der Waals surface area contributed by atoms with E-state index in [2.05, 4.69) is 18.8 Å². The van der Waals surface area contributed by atoms with Gasteiger partial charge in [0, 0.05) is 18.3 Å². The number of aromatic nitrogens is 2. The molecule has 1 heterocycles. The Labute approximate surface area is 96.6 Å². The minimum absolute atomic E-state index is 0.176. The van der Waals surface area contributed by atoms with E-state index >= 15 is 0 Å². The van der Waals surface area contributed by atoms with Gasteiger partial charge in [-0.25, -0.2) is 9.78 Å². The molecule has 0 aliphatic carbocycles. The smallest absolute Gasteiger partial charge is 0.329 e. The number of esters is 1. The van der Waals surface area contributed by atoms with Crippen molar-refractivity contribution >= 4 is 5.97 Å². The molecular weight excluding hydrogens is 204 g/mol. The summed E-state index contributed by atoms with van der Waals surface area (Å²) in [6.07, 6.45) is 4.30. The molecule has 1 aromatic heterocycles. The lowest BCUT2D eigenvalue weighted by Gasteiger charge is -2.18. The molecule has 16 heavy (non-hydrogen) atoms. The molecule has 0 bridgehead atoms. The third kappa shape index (κ3) is 2.62. The van der Waals surface area contributed by atoms with E-state index in [4.69, 9.17) is 4.74 Å². The zero-order valence-electron chi connectivity index (χ0n) is 10.4. The van der Waals surface area contributed by atoms with Crippen LogP contribution in [0.25, 0.3) is 0 Å². The highest BCUT2D eigenvalue weighted by molar-refractivity contribution is 5.74. The Hall–Kier alpha value is -1.32. The Morgan fingerprint density at radius 2 is 2.19 bits per heavy atom. The van der Waals surface area contributed by atoms with Gasteiger partial charge in [0.15, 0.2) is 0 Å². The first-order valence-corrected chi connectivity index (χ1v) is 5.81. The van der Waals surface area contributed by atoms with Gasteiger partial charge in [0.2, 0.25) is 0 Å². The van der Waals surface area contributed by atoms with Gasteiger partial charge in [0.05, 0.1) is 6.61 Å². The summed E-state index contributed by atoms with van der Waals surface area (Å²) in [6.45, 7) is 8.35. The lowest BCUT2D eigenvalue weighted by atomic mass is 10.1. The van der Waals surface area contributed by atoms with Crippen LogP contribution in [-0.4, -0.2) is 22.1 Å². The third-order valence-corrected chi connectivity index (χ3v) is 2.50. The number of hydrogen-bond acceptors (Lipinski definition) is 3. The minimum atomic E-state index is -0.250. The Bertz CT molecular complexity index is 345. The normalized spacial score (nSPS) is 12.8. The molecule has 0 amide bonds. The van der Waals surface area contributed by atoms with Crippen LogP contribution >= 0.6 is 0 Å². The molecule has 1 atom stereocenters. The lowest BCUT2D eigenvalue weighted by Crippen LogP contribution is -2.23. The first-order chi connectivity index (χ1) is 7.61. The van der Waals surface area contributed by atoms with E-state index in [1.807, 2.05) is 24.6 Å². The summed E-state index contributed by atoms with van der Waals surface area (Å²) in [6, 6.07) is -0.250. The molecule has 1 unspecified atom stereocenters. The van der Waals surface area contributed by atoms with Gasteiger partial charge in [0.1, 0.15) is 11.9 Å². The van der Waals surface area contributed by atoms with Crippen molar-refractivity contribution < 1.29 is 9.53 Å². The Kier molecular flexibility index (Phi) is 4.52. The van der Waals surface area contributed by atoms with Crippen LogP contribution in [0.3, 0.4) is 0 Å². The summed E-state index contributed by atoms with van der Waals surface area (Å²) in [4.78, 5) is 16.1. The van der Waals surface area contributed by atoms with Crippen LogP contribution in [-0.2, 0) is 9.53 Å². The van der Waals surface area contributed by atoms with E-state index in [0.29, 0.717) is 12.5 Å². The molecule has 0 spiro atoms. The predicted octanol–water partition coefficient (Wildman–Crippen LogP) is 2.52. The maximum Gasteiger partial charge on any atom is 0.329 e. The molecule has 0 radical (unpaired) electrons. The number of ether oxygens (including phenoxy) is 1. The molecule has 1 aromatic rings. The quantitative estimate of drug-likeness (QED) is 0.722. The molecule has 0 saturated carbocycles. The number of carbonyl (C=O) groups excluding carboxylic acids is 1. The van der Waals surface area contributed by atoms with Crippen molar-refractivity contribution in [2.24, 2.45) is 0 Å². The van der Waals surface area contributed by atoms with Crippen LogP contribution in [0.15, 0.2) is 12.4 Å². The summed E-state index contributed by atoms with van der Waals surface area (Å²) < 4.78 is 6.99. The van der Waals surface area contributed by atoms with Crippen molar-refractivity contribution in [2.75, 3.05) is 6.61 Å². The molecule has 4 heteroatoms. The third-order valence-electron chi connectivity index (χ3n) is 2.50. The Balaban J connectivity index is 2.94. The van der Waals surface area contributed by atoms with Crippen LogP contribution in [0, 0.1) is 0 Å². The van der Waals surface area contributed by atoms with Crippen LogP contribution in [0.5, 0.6) is 0 Å². The molecule has 0 saturated heterocycles. The first-order valence-electron chi connectivity index (χ1n) is 5.81. The molecule has 0 aliphatic heterocycles. The number of carbonyl (C=O) groups is 1. The molecule has 90 valence electrons. The monoisotopic (exact) mass is 224 g/mol. The lowest BCUT2D eigenvalue weighted by molar-refractivity contribution is -0.147. The fourth-order valence-electron chi connectivity index (χ4n) is 1.75. The highest BCUT2D eigenvalue weighted by atomic mass is 16.5. The fourth-order valence-corrected chi connectivity index (χ4v) is 1.75. The van der Waals surface area contributed by atoms with E-state index in [9.17, 15) is 4.79 Å². The van der Waals surface area contributed by atoms with E-state index in [1.54, 1.807) is 6.20 Å². The van der Waals surface area contributed by atoms with Crippen molar-refractivity contribution in [1.82, 2.24) is 9.55 Å². The van der Waals surface area contributed by atoms with Gasteiger partial charge in [-0.1, -0.05) is 20.8 Å². The standard InChI is InChI=1S/C12H20N2O2/c1-5-10(12(15)16-6-2)14-8-7-13-11(14)9(3)4/h7-10H,5-6H2,1-4H3. The van der Waals surface area contributed by atoms with Gasteiger partial charge < -0.3 is 9.30 Å². The molecule has 0 fully saturated rings. The minimum Gasteiger partial charge on any atom is -0.464 e. The maximum atomic E-state index is 11.8. The van der Waals surface area contributed by atoms with Gasteiger partial charge in [-0.15, -0.1) is 0 Å². The summed E-state index contributed by atoms with van der Waals surface area (Å²) in [7, 11) is 0. The highest BCUT2D eigenvalue weighted by Gasteiger charge is 2.22.